The van der Waals surface area contributed by atoms with Gasteiger partial charge in [0.25, 0.3) is 12.0 Å². The molecular formula is C20H23N7O10S2. The third kappa shape index (κ3) is 7.02. The van der Waals surface area contributed by atoms with E-state index < -0.39 is 64.4 Å². The fourth-order valence-electron chi connectivity index (χ4n) is 3.35. The van der Waals surface area contributed by atoms with Gasteiger partial charge < -0.3 is 26.1 Å². The number of nitrogens with one attached hydrogen (secondary N) is 1. The summed E-state index contributed by atoms with van der Waals surface area (Å²) in [6.45, 7) is 2.25. The van der Waals surface area contributed by atoms with Gasteiger partial charge in [0.15, 0.2) is 16.6 Å². The summed E-state index contributed by atoms with van der Waals surface area (Å²) in [7, 11) is -4.99. The lowest BCUT2D eigenvalue weighted by molar-refractivity contribution is -0.228. The molecule has 17 nitrogen and oxygen atoms in total. The lowest BCUT2D eigenvalue weighted by Gasteiger charge is -2.50. The third-order valence-corrected chi connectivity index (χ3v) is 6.43. The first-order chi connectivity index (χ1) is 18.1. The molecule has 2 aromatic rings. The molecule has 1 unspecified atom stereocenters. The van der Waals surface area contributed by atoms with E-state index in [9.17, 15) is 27.9 Å². The van der Waals surface area contributed by atoms with E-state index >= 15 is 0 Å². The fourth-order valence-corrected chi connectivity index (χ4v) is 4.35. The molecule has 0 spiro atoms. The third-order valence-electron chi connectivity index (χ3n) is 5.42. The molecule has 3 rings (SSSR count). The highest BCUT2D eigenvalue weighted by Crippen LogP contribution is 2.40. The van der Waals surface area contributed by atoms with Crippen molar-refractivity contribution in [3.05, 3.63) is 35.1 Å². The van der Waals surface area contributed by atoms with E-state index in [1.54, 1.807) is 0 Å². The molecule has 2 atom stereocenters. The molecule has 1 amide bonds. The Morgan fingerprint density at radius 2 is 2.03 bits per heavy atom. The number of carboxylic acids is 1. The van der Waals surface area contributed by atoms with Crippen molar-refractivity contribution in [2.45, 2.75) is 31.9 Å². The number of nitrogen functional groups attached to an aromatic ring is 2. The average molecular weight is 586 g/mol. The smallest absolute Gasteiger partial charge is 0.418 e. The highest BCUT2D eigenvalue weighted by molar-refractivity contribution is 7.80. The highest BCUT2D eigenvalue weighted by atomic mass is 32.3. The van der Waals surface area contributed by atoms with Gasteiger partial charge in [-0.1, -0.05) is 5.16 Å². The minimum Gasteiger partial charge on any atom is -0.487 e. The lowest BCUT2D eigenvalue weighted by atomic mass is 9.74. The van der Waals surface area contributed by atoms with E-state index in [1.165, 1.54) is 37.6 Å². The van der Waals surface area contributed by atoms with Crippen LogP contribution in [-0.2, 0) is 33.9 Å². The zero-order valence-electron chi connectivity index (χ0n) is 20.3. The first-order valence-electron chi connectivity index (χ1n) is 10.8. The zero-order chi connectivity index (χ0) is 29.1. The molecule has 3 heterocycles. The van der Waals surface area contributed by atoms with Crippen LogP contribution in [0.25, 0.3) is 0 Å². The minimum atomic E-state index is -4.99. The number of carbonyl (C=O) groups excluding carboxylic acids is 2. The monoisotopic (exact) mass is 585 g/mol. The number of amidine groups is 1. The molecule has 1 aliphatic heterocycles. The molecule has 0 saturated carbocycles. The maximum Gasteiger partial charge on any atom is 0.418 e. The Morgan fingerprint density at radius 1 is 1.33 bits per heavy atom. The van der Waals surface area contributed by atoms with E-state index in [0.29, 0.717) is 5.06 Å². The van der Waals surface area contributed by atoms with Gasteiger partial charge in [-0.3, -0.25) is 19.6 Å². The van der Waals surface area contributed by atoms with Crippen LogP contribution >= 0.6 is 11.3 Å². The Balaban J connectivity index is 1.76. The number of hydrogen-bond acceptors (Lipinski definition) is 14. The van der Waals surface area contributed by atoms with Crippen LogP contribution in [0.5, 0.6) is 5.75 Å². The summed E-state index contributed by atoms with van der Waals surface area (Å²) in [6.07, 6.45) is -0.992. The number of ketones is 1. The van der Waals surface area contributed by atoms with Crippen molar-refractivity contribution < 1.29 is 46.3 Å². The molecule has 7 N–H and O–H groups in total. The van der Waals surface area contributed by atoms with Gasteiger partial charge in [0.1, 0.15) is 29.6 Å². The van der Waals surface area contributed by atoms with E-state index in [2.05, 4.69) is 19.4 Å². The number of thiazole rings is 1. The number of nitrogens with two attached hydrogens (primary N) is 2. The molecule has 1 fully saturated rings. The Morgan fingerprint density at radius 3 is 2.51 bits per heavy atom. The van der Waals surface area contributed by atoms with Crippen molar-refractivity contribution in [1.29, 1.82) is 5.41 Å². The van der Waals surface area contributed by atoms with Gasteiger partial charge >= 0.3 is 16.4 Å². The molecule has 2 aromatic heterocycles. The number of aliphatic carboxylic acids is 1. The van der Waals surface area contributed by atoms with Crippen LogP contribution in [0.1, 0.15) is 31.7 Å². The predicted octanol–water partition coefficient (Wildman–Crippen LogP) is -0.412. The molecule has 0 bridgehead atoms. The van der Waals surface area contributed by atoms with E-state index in [-0.39, 0.29) is 28.1 Å². The van der Waals surface area contributed by atoms with Crippen molar-refractivity contribution in [3.8, 4) is 5.75 Å². The molecule has 39 heavy (non-hydrogen) atoms. The number of amides is 1. The molecule has 19 heteroatoms. The molecule has 1 saturated heterocycles. The summed E-state index contributed by atoms with van der Waals surface area (Å²) in [5.74, 6) is -4.39. The maximum atomic E-state index is 13.1. The van der Waals surface area contributed by atoms with Gasteiger partial charge in [0.2, 0.25) is 0 Å². The first kappa shape index (κ1) is 29.4. The molecule has 0 aromatic carbocycles. The van der Waals surface area contributed by atoms with Gasteiger partial charge in [0.05, 0.1) is 17.7 Å². The Hall–Kier alpha value is -4.20. The molecule has 0 aliphatic carbocycles. The lowest BCUT2D eigenvalue weighted by Crippen LogP contribution is -2.68. The van der Waals surface area contributed by atoms with Crippen molar-refractivity contribution >= 4 is 56.1 Å². The average Bonchev–Trinajstić information content (AvgIpc) is 3.28. The quantitative estimate of drug-likeness (QED) is 0.0657. The number of nitrogens with zero attached hydrogens (tertiary/aromatic N) is 4. The second-order valence-corrected chi connectivity index (χ2v) is 10.4. The summed E-state index contributed by atoms with van der Waals surface area (Å²) >= 11 is 0.964. The summed E-state index contributed by atoms with van der Waals surface area (Å²) in [5.41, 5.74) is 9.34. The maximum absolute atomic E-state index is 13.1. The Kier molecular flexibility index (Phi) is 8.48. The number of rotatable bonds is 13. The number of Topliss-reactive ketones (excluding diaryl/α,β-unsaturated/α-hetero) is 1. The largest absolute Gasteiger partial charge is 0.487 e. The van der Waals surface area contributed by atoms with E-state index in [1.807, 2.05) is 0 Å². The minimum absolute atomic E-state index is 0.0489. The van der Waals surface area contributed by atoms with Crippen molar-refractivity contribution in [2.75, 3.05) is 12.3 Å². The number of hydroxylamine groups is 2. The van der Waals surface area contributed by atoms with E-state index in [0.717, 1.165) is 11.3 Å². The van der Waals surface area contributed by atoms with Gasteiger partial charge in [-0.05, 0) is 26.0 Å². The number of carboxylic acid groups (broad SMARTS) is 1. The van der Waals surface area contributed by atoms with Gasteiger partial charge in [0, 0.05) is 11.8 Å². The fraction of sp³-hybridized carbons (Fsp3) is 0.350. The molecular weight excluding hydrogens is 562 g/mol. The second kappa shape index (κ2) is 11.3. The van der Waals surface area contributed by atoms with Crippen LogP contribution in [0, 0.1) is 11.3 Å². The SMILES string of the molecule is CC1(C)[C@H](CC(=O)/C(=N\OC(COc2ccc(C(=N)N)nc2)C(=O)O)c2csc(N)n2)C(=O)N1OS(=O)(=O)O. The van der Waals surface area contributed by atoms with E-state index in [4.69, 9.17) is 31.0 Å². The molecule has 1 aliphatic rings. The zero-order valence-corrected chi connectivity index (χ0v) is 21.9. The number of ether oxygens (including phenoxy) is 1. The number of oxime groups is 1. The molecule has 210 valence electrons. The van der Waals surface area contributed by atoms with Gasteiger partial charge in [-0.15, -0.1) is 15.6 Å². The van der Waals surface area contributed by atoms with Crippen molar-refractivity contribution in [2.24, 2.45) is 16.8 Å². The second-order valence-electron chi connectivity index (χ2n) is 8.52. The number of anilines is 1. The van der Waals surface area contributed by atoms with Crippen molar-refractivity contribution in [1.82, 2.24) is 15.0 Å². The standard InChI is InChI=1S/C20H23N7O10S2/c1-20(2)10(17(29)27(20)37-39(32,33)34)5-13(28)15(12-8-38-19(23)25-12)26-36-14(18(30)31)7-35-9-3-4-11(16(21)22)24-6-9/h3-4,6,8,10,14H,5,7H2,1-2H3,(H3,21,22)(H2,23,25)(H,30,31)(H,32,33,34)/b26-15-/t10-,14?/m1/s1. The number of β-lactam (4-membered cyclic amide) rings is 1. The van der Waals surface area contributed by atoms with Crippen LogP contribution in [-0.4, -0.2) is 80.6 Å². The highest BCUT2D eigenvalue weighted by Gasteiger charge is 2.57. The van der Waals surface area contributed by atoms with Crippen LogP contribution in [0.4, 0.5) is 5.13 Å². The summed E-state index contributed by atoms with van der Waals surface area (Å²) in [5, 5.41) is 22.4. The Bertz CT molecular complexity index is 1420. The molecule has 0 radical (unpaired) electrons. The number of aromatic nitrogens is 2. The number of carbonyl (C=O) groups is 3. The van der Waals surface area contributed by atoms with Crippen LogP contribution in [0.2, 0.25) is 0 Å². The van der Waals surface area contributed by atoms with Crippen molar-refractivity contribution in [3.63, 3.8) is 0 Å². The summed E-state index contributed by atoms with van der Waals surface area (Å²) < 4.78 is 40.6. The normalized spacial score (nSPS) is 17.7. The number of pyridine rings is 1. The number of hydrogen-bond donors (Lipinski definition) is 5. The first-order valence-corrected chi connectivity index (χ1v) is 13.0. The van der Waals surface area contributed by atoms with Crippen LogP contribution in [0.15, 0.2) is 28.9 Å². The predicted molar refractivity (Wildman–Crippen MR) is 133 cm³/mol. The van der Waals surface area contributed by atoms with Gasteiger partial charge in [-0.25, -0.2) is 14.8 Å². The topological polar surface area (TPSA) is 271 Å². The van der Waals surface area contributed by atoms with Crippen LogP contribution in [0.3, 0.4) is 0 Å². The summed E-state index contributed by atoms with van der Waals surface area (Å²) in [4.78, 5) is 50.2. The van der Waals surface area contributed by atoms with Crippen LogP contribution < -0.4 is 16.2 Å². The Labute approximate surface area is 224 Å². The van der Waals surface area contributed by atoms with Gasteiger partial charge in [-0.2, -0.15) is 13.5 Å². The summed E-state index contributed by atoms with van der Waals surface area (Å²) in [6, 6.07) is 2.80.